The van der Waals surface area contributed by atoms with Crippen molar-refractivity contribution >= 4 is 35.0 Å². The van der Waals surface area contributed by atoms with Gasteiger partial charge in [0.25, 0.3) is 5.91 Å². The largest absolute Gasteiger partial charge is 0.461 e. The van der Waals surface area contributed by atoms with E-state index in [9.17, 15) is 22.4 Å². The molecule has 1 aliphatic heterocycles. The van der Waals surface area contributed by atoms with E-state index in [4.69, 9.17) is 12.2 Å². The molecule has 152 valence electrons. The Morgan fingerprint density at radius 1 is 1.21 bits per heavy atom. The predicted octanol–water partition coefficient (Wildman–Crippen LogP) is 4.75. The lowest BCUT2D eigenvalue weighted by Gasteiger charge is -2.17. The number of nitrogens with zero attached hydrogens (tertiary/aromatic N) is 1. The maximum absolute atomic E-state index is 13.1. The van der Waals surface area contributed by atoms with E-state index in [0.717, 1.165) is 17.7 Å². The number of benzene rings is 2. The first-order valence-corrected chi connectivity index (χ1v) is 9.04. The summed E-state index contributed by atoms with van der Waals surface area (Å²) in [5.74, 6) is -0.869. The molecule has 0 spiro atoms. The van der Waals surface area contributed by atoms with Gasteiger partial charge in [-0.2, -0.15) is 17.6 Å². The van der Waals surface area contributed by atoms with E-state index in [1.807, 2.05) is 19.1 Å². The van der Waals surface area contributed by atoms with Crippen LogP contribution in [0.3, 0.4) is 0 Å². The highest BCUT2D eigenvalue weighted by Crippen LogP contribution is 2.29. The third-order valence-electron chi connectivity index (χ3n) is 4.17. The van der Waals surface area contributed by atoms with Crippen molar-refractivity contribution in [2.24, 2.45) is 0 Å². The quantitative estimate of drug-likeness (QED) is 0.413. The number of halogens is 4. The number of carbonyl (C=O) groups is 1. The normalized spacial score (nSPS) is 15.9. The van der Waals surface area contributed by atoms with Gasteiger partial charge in [-0.05, 0) is 54.0 Å². The van der Waals surface area contributed by atoms with E-state index in [2.05, 4.69) is 10.1 Å². The predicted molar refractivity (Wildman–Crippen MR) is 105 cm³/mol. The molecule has 0 saturated carbocycles. The molecule has 0 unspecified atom stereocenters. The maximum Gasteiger partial charge on any atom is 0.461 e. The number of alkyl halides is 4. The fourth-order valence-corrected chi connectivity index (χ4v) is 3.11. The first-order valence-electron chi connectivity index (χ1n) is 8.63. The number of rotatable bonds is 6. The van der Waals surface area contributed by atoms with Gasteiger partial charge in [0.05, 0.1) is 5.69 Å². The number of ether oxygens (including phenoxy) is 1. The Kier molecular flexibility index (Phi) is 5.88. The van der Waals surface area contributed by atoms with Gasteiger partial charge in [-0.15, -0.1) is 0 Å². The summed E-state index contributed by atoms with van der Waals surface area (Å²) in [6, 6.07) is 12.4. The summed E-state index contributed by atoms with van der Waals surface area (Å²) >= 11 is 5.27. The van der Waals surface area contributed by atoms with Gasteiger partial charge < -0.3 is 10.1 Å². The molecule has 9 heteroatoms. The SMILES string of the molecule is CCc1ccccc1N1C(=O)/C(=C\c2cccc(OC(F)(F)C(F)F)c2)NC1=S. The molecule has 1 N–H and O–H groups in total. The Hall–Kier alpha value is -2.94. The lowest BCUT2D eigenvalue weighted by atomic mass is 10.1. The van der Waals surface area contributed by atoms with Crippen LogP contribution in [0.2, 0.25) is 0 Å². The van der Waals surface area contributed by atoms with E-state index >= 15 is 0 Å². The van der Waals surface area contributed by atoms with Gasteiger partial charge in [0.15, 0.2) is 5.11 Å². The third kappa shape index (κ3) is 4.40. The Labute approximate surface area is 169 Å². The van der Waals surface area contributed by atoms with Crippen LogP contribution in [0, 0.1) is 0 Å². The molecule has 3 rings (SSSR count). The highest BCUT2D eigenvalue weighted by atomic mass is 32.1. The van der Waals surface area contributed by atoms with Gasteiger partial charge in [0.1, 0.15) is 11.4 Å². The molecule has 2 aromatic rings. The van der Waals surface area contributed by atoms with Gasteiger partial charge in [0.2, 0.25) is 0 Å². The van der Waals surface area contributed by atoms with Gasteiger partial charge in [-0.1, -0.05) is 37.3 Å². The standard InChI is InChI=1S/C20H16F4N2O2S/c1-2-13-7-3-4-9-16(13)26-17(27)15(25-19(26)29)11-12-6-5-8-14(10-12)28-20(23,24)18(21)22/h3-11,18H,2H2,1H3,(H,25,29)/b15-11+. The van der Waals surface area contributed by atoms with Crippen LogP contribution in [0.1, 0.15) is 18.1 Å². The smallest absolute Gasteiger partial charge is 0.428 e. The molecule has 0 aliphatic carbocycles. The van der Waals surface area contributed by atoms with E-state index in [0.29, 0.717) is 17.7 Å². The van der Waals surface area contributed by atoms with E-state index < -0.39 is 24.2 Å². The van der Waals surface area contributed by atoms with Gasteiger partial charge >= 0.3 is 12.5 Å². The number of aryl methyl sites for hydroxylation is 1. The van der Waals surface area contributed by atoms with Crippen LogP contribution in [-0.4, -0.2) is 23.6 Å². The lowest BCUT2D eigenvalue weighted by molar-refractivity contribution is -0.253. The van der Waals surface area contributed by atoms with Crippen LogP contribution in [0.25, 0.3) is 6.08 Å². The van der Waals surface area contributed by atoms with Crippen molar-refractivity contribution in [2.45, 2.75) is 25.9 Å². The summed E-state index contributed by atoms with van der Waals surface area (Å²) < 4.78 is 55.0. The number of nitrogens with one attached hydrogen (secondary N) is 1. The fourth-order valence-electron chi connectivity index (χ4n) is 2.82. The third-order valence-corrected chi connectivity index (χ3v) is 4.45. The zero-order valence-electron chi connectivity index (χ0n) is 15.2. The summed E-state index contributed by atoms with van der Waals surface area (Å²) in [7, 11) is 0. The molecule has 2 aromatic carbocycles. The topological polar surface area (TPSA) is 41.6 Å². The molecule has 0 atom stereocenters. The Morgan fingerprint density at radius 3 is 2.62 bits per heavy atom. The molecule has 0 radical (unpaired) electrons. The minimum Gasteiger partial charge on any atom is -0.428 e. The fraction of sp³-hybridized carbons (Fsp3) is 0.200. The van der Waals surface area contributed by atoms with E-state index in [1.54, 1.807) is 12.1 Å². The summed E-state index contributed by atoms with van der Waals surface area (Å²) in [5.41, 5.74) is 2.00. The Morgan fingerprint density at radius 2 is 1.93 bits per heavy atom. The van der Waals surface area contributed by atoms with Crippen LogP contribution >= 0.6 is 12.2 Å². The van der Waals surface area contributed by atoms with Gasteiger partial charge in [0, 0.05) is 0 Å². The molecule has 29 heavy (non-hydrogen) atoms. The highest BCUT2D eigenvalue weighted by Gasteiger charge is 2.44. The zero-order chi connectivity index (χ0) is 21.2. The number of para-hydroxylation sites is 1. The molecule has 1 fully saturated rings. The van der Waals surface area contributed by atoms with Crippen molar-refractivity contribution in [3.63, 3.8) is 0 Å². The van der Waals surface area contributed by atoms with Crippen molar-refractivity contribution in [1.82, 2.24) is 5.32 Å². The monoisotopic (exact) mass is 424 g/mol. The van der Waals surface area contributed by atoms with E-state index in [-0.39, 0.29) is 10.8 Å². The summed E-state index contributed by atoms with van der Waals surface area (Å²) in [6.07, 6.45) is -6.50. The molecule has 1 amide bonds. The maximum atomic E-state index is 13.1. The molecule has 1 saturated heterocycles. The zero-order valence-corrected chi connectivity index (χ0v) is 16.0. The number of hydrogen-bond acceptors (Lipinski definition) is 3. The molecule has 0 bridgehead atoms. The van der Waals surface area contributed by atoms with Crippen LogP contribution < -0.4 is 15.0 Å². The Bertz CT molecular complexity index is 978. The molecule has 0 aromatic heterocycles. The number of carbonyl (C=O) groups excluding carboxylic acids is 1. The minimum absolute atomic E-state index is 0.124. The number of hydrogen-bond donors (Lipinski definition) is 1. The van der Waals surface area contributed by atoms with Crippen molar-refractivity contribution in [2.75, 3.05) is 4.90 Å². The van der Waals surface area contributed by atoms with Crippen LogP contribution in [-0.2, 0) is 11.2 Å². The van der Waals surface area contributed by atoms with Crippen LogP contribution in [0.5, 0.6) is 5.75 Å². The van der Waals surface area contributed by atoms with Crippen molar-refractivity contribution in [3.05, 3.63) is 65.4 Å². The number of thiocarbonyl (C=S) groups is 1. The minimum atomic E-state index is -4.62. The van der Waals surface area contributed by atoms with E-state index in [1.165, 1.54) is 23.1 Å². The number of anilines is 1. The van der Waals surface area contributed by atoms with Crippen LogP contribution in [0.15, 0.2) is 54.2 Å². The lowest BCUT2D eigenvalue weighted by Crippen LogP contribution is -2.33. The first-order chi connectivity index (χ1) is 13.7. The number of amides is 1. The van der Waals surface area contributed by atoms with Crippen molar-refractivity contribution < 1.29 is 27.1 Å². The molecular formula is C20H16F4N2O2S. The second-order valence-corrected chi connectivity index (χ2v) is 6.53. The average molecular weight is 424 g/mol. The van der Waals surface area contributed by atoms with Gasteiger partial charge in [-0.25, -0.2) is 0 Å². The second-order valence-electron chi connectivity index (χ2n) is 6.15. The summed E-state index contributed by atoms with van der Waals surface area (Å²) in [6.45, 7) is 1.95. The molecular weight excluding hydrogens is 408 g/mol. The average Bonchev–Trinajstić information content (AvgIpc) is 2.94. The highest BCUT2D eigenvalue weighted by molar-refractivity contribution is 7.80. The van der Waals surface area contributed by atoms with Crippen LogP contribution in [0.4, 0.5) is 23.2 Å². The van der Waals surface area contributed by atoms with Crippen molar-refractivity contribution in [1.29, 1.82) is 0 Å². The Balaban J connectivity index is 1.88. The second kappa shape index (κ2) is 8.20. The van der Waals surface area contributed by atoms with Gasteiger partial charge in [-0.3, -0.25) is 9.69 Å². The first kappa shape index (κ1) is 20.8. The van der Waals surface area contributed by atoms with Crippen molar-refractivity contribution in [3.8, 4) is 5.75 Å². The summed E-state index contributed by atoms with van der Waals surface area (Å²) in [4.78, 5) is 14.2. The molecule has 1 heterocycles. The molecule has 4 nitrogen and oxygen atoms in total. The molecule has 1 aliphatic rings. The summed E-state index contributed by atoms with van der Waals surface area (Å²) in [5, 5.41) is 2.98.